The van der Waals surface area contributed by atoms with E-state index in [4.69, 9.17) is 0 Å². The summed E-state index contributed by atoms with van der Waals surface area (Å²) in [6.07, 6.45) is -6.20. The lowest BCUT2D eigenvalue weighted by Crippen LogP contribution is -2.17. The molecule has 1 amide bonds. The van der Waals surface area contributed by atoms with Crippen molar-refractivity contribution in [2.24, 2.45) is 0 Å². The third-order valence-electron chi connectivity index (χ3n) is 2.22. The molecule has 3 nitrogen and oxygen atoms in total. The molecule has 0 bridgehead atoms. The highest BCUT2D eigenvalue weighted by Gasteiger charge is 2.28. The van der Waals surface area contributed by atoms with Gasteiger partial charge in [0.1, 0.15) is 0 Å². The van der Waals surface area contributed by atoms with Gasteiger partial charge in [0.05, 0.1) is 12.1 Å². The van der Waals surface area contributed by atoms with Gasteiger partial charge in [0.2, 0.25) is 5.91 Å². The van der Waals surface area contributed by atoms with E-state index < -0.39 is 24.9 Å². The maximum absolute atomic E-state index is 11.9. The summed E-state index contributed by atoms with van der Waals surface area (Å²) >= 11 is 0. The van der Waals surface area contributed by atoms with Crippen LogP contribution >= 0.6 is 0 Å². The normalized spacial score (nSPS) is 11.1. The summed E-state index contributed by atoms with van der Waals surface area (Å²) in [5.41, 5.74) is 0.509. The fourth-order valence-corrected chi connectivity index (χ4v) is 1.37. The Labute approximate surface area is 102 Å². The minimum atomic E-state index is -4.36. The first-order valence-corrected chi connectivity index (χ1v) is 5.26. The summed E-state index contributed by atoms with van der Waals surface area (Å²) in [6, 6.07) is 6.18. The Morgan fingerprint density at radius 1 is 1.22 bits per heavy atom. The van der Waals surface area contributed by atoms with Crippen molar-refractivity contribution in [1.82, 2.24) is 0 Å². The van der Waals surface area contributed by atoms with Crippen LogP contribution in [0.3, 0.4) is 0 Å². The second-order valence-electron chi connectivity index (χ2n) is 3.77. The van der Waals surface area contributed by atoms with Gasteiger partial charge in [-0.25, -0.2) is 0 Å². The molecule has 1 aromatic rings. The van der Waals surface area contributed by atoms with Crippen LogP contribution in [0.5, 0.6) is 0 Å². The van der Waals surface area contributed by atoms with E-state index in [1.807, 2.05) is 0 Å². The Morgan fingerprint density at radius 2 is 1.83 bits per heavy atom. The Bertz CT molecular complexity index is 455. The van der Waals surface area contributed by atoms with Crippen molar-refractivity contribution < 1.29 is 22.8 Å². The number of rotatable bonds is 4. The monoisotopic (exact) mass is 259 g/mol. The van der Waals surface area contributed by atoms with Gasteiger partial charge in [0, 0.05) is 12.0 Å². The first-order chi connectivity index (χ1) is 8.29. The Kier molecular flexibility index (Phi) is 4.47. The molecular weight excluding hydrogens is 247 g/mol. The molecule has 0 aliphatic carbocycles. The third kappa shape index (κ3) is 4.57. The van der Waals surface area contributed by atoms with Crippen LogP contribution in [-0.2, 0) is 4.79 Å². The Balaban J connectivity index is 2.68. The number of carbonyl (C=O) groups excluding carboxylic acids is 2. The molecule has 0 saturated carbocycles. The number of alkyl halides is 3. The standard InChI is InChI=1S/C12H12F3NO2/c1-8(17)9-4-2-3-5-10(9)16-11(18)6-7-12(13,14)15/h2-5H,6-7H2,1H3,(H,16,18). The van der Waals surface area contributed by atoms with E-state index >= 15 is 0 Å². The van der Waals surface area contributed by atoms with Crippen molar-refractivity contribution in [2.75, 3.05) is 5.32 Å². The summed E-state index contributed by atoms with van der Waals surface area (Å²) in [5.74, 6) is -1.03. The number of carbonyl (C=O) groups is 2. The van der Waals surface area contributed by atoms with Crippen molar-refractivity contribution in [3.8, 4) is 0 Å². The SMILES string of the molecule is CC(=O)c1ccccc1NC(=O)CCC(F)(F)F. The molecule has 0 aliphatic rings. The second-order valence-corrected chi connectivity index (χ2v) is 3.77. The molecule has 0 heterocycles. The third-order valence-corrected chi connectivity index (χ3v) is 2.22. The molecule has 0 unspecified atom stereocenters. The van der Waals surface area contributed by atoms with Gasteiger partial charge in [-0.2, -0.15) is 13.2 Å². The van der Waals surface area contributed by atoms with Gasteiger partial charge in [-0.05, 0) is 19.1 Å². The van der Waals surface area contributed by atoms with Crippen LogP contribution in [0.2, 0.25) is 0 Å². The van der Waals surface area contributed by atoms with Gasteiger partial charge in [-0.1, -0.05) is 12.1 Å². The zero-order valence-corrected chi connectivity index (χ0v) is 9.67. The average molecular weight is 259 g/mol. The van der Waals surface area contributed by atoms with Gasteiger partial charge in [-0.15, -0.1) is 0 Å². The molecule has 0 aromatic heterocycles. The first-order valence-electron chi connectivity index (χ1n) is 5.26. The molecule has 98 valence electrons. The number of para-hydroxylation sites is 1. The van der Waals surface area contributed by atoms with Crippen LogP contribution in [-0.4, -0.2) is 17.9 Å². The lowest BCUT2D eigenvalue weighted by molar-refractivity contribution is -0.142. The minimum absolute atomic E-state index is 0.233. The van der Waals surface area contributed by atoms with Crippen LogP contribution in [0.25, 0.3) is 0 Å². The molecule has 18 heavy (non-hydrogen) atoms. The topological polar surface area (TPSA) is 46.2 Å². The number of ketones is 1. The van der Waals surface area contributed by atoms with E-state index in [9.17, 15) is 22.8 Å². The molecular formula is C12H12F3NO2. The summed E-state index contributed by atoms with van der Waals surface area (Å²) in [5, 5.41) is 2.30. The van der Waals surface area contributed by atoms with E-state index in [2.05, 4.69) is 5.32 Å². The van der Waals surface area contributed by atoms with Gasteiger partial charge >= 0.3 is 6.18 Å². The molecule has 0 saturated heterocycles. The van der Waals surface area contributed by atoms with Crippen LogP contribution < -0.4 is 5.32 Å². The Morgan fingerprint density at radius 3 is 2.39 bits per heavy atom. The number of halogens is 3. The van der Waals surface area contributed by atoms with Crippen molar-refractivity contribution in [2.45, 2.75) is 25.9 Å². The molecule has 0 radical (unpaired) electrons. The predicted molar refractivity (Wildman–Crippen MR) is 60.4 cm³/mol. The lowest BCUT2D eigenvalue weighted by atomic mass is 10.1. The van der Waals surface area contributed by atoms with E-state index in [1.165, 1.54) is 19.1 Å². The molecule has 1 N–H and O–H groups in total. The highest BCUT2D eigenvalue weighted by molar-refractivity contribution is 6.03. The van der Waals surface area contributed by atoms with Crippen molar-refractivity contribution >= 4 is 17.4 Å². The average Bonchev–Trinajstić information content (AvgIpc) is 2.26. The van der Waals surface area contributed by atoms with Gasteiger partial charge < -0.3 is 5.32 Å². The van der Waals surface area contributed by atoms with Crippen molar-refractivity contribution in [1.29, 1.82) is 0 Å². The summed E-state index contributed by atoms with van der Waals surface area (Å²) in [4.78, 5) is 22.5. The fourth-order valence-electron chi connectivity index (χ4n) is 1.37. The number of benzene rings is 1. The van der Waals surface area contributed by atoms with Crippen LogP contribution in [0.4, 0.5) is 18.9 Å². The summed E-state index contributed by atoms with van der Waals surface area (Å²) in [7, 11) is 0. The zero-order chi connectivity index (χ0) is 13.8. The van der Waals surface area contributed by atoms with E-state index in [1.54, 1.807) is 12.1 Å². The highest BCUT2D eigenvalue weighted by Crippen LogP contribution is 2.22. The molecule has 0 spiro atoms. The van der Waals surface area contributed by atoms with Gasteiger partial charge in [-0.3, -0.25) is 9.59 Å². The van der Waals surface area contributed by atoms with Crippen molar-refractivity contribution in [3.05, 3.63) is 29.8 Å². The van der Waals surface area contributed by atoms with E-state index in [0.717, 1.165) is 0 Å². The number of hydrogen-bond donors (Lipinski definition) is 1. The highest BCUT2D eigenvalue weighted by atomic mass is 19.4. The quantitative estimate of drug-likeness (QED) is 0.844. The van der Waals surface area contributed by atoms with Crippen molar-refractivity contribution in [3.63, 3.8) is 0 Å². The van der Waals surface area contributed by atoms with Crippen LogP contribution in [0, 0.1) is 0 Å². The molecule has 6 heteroatoms. The molecule has 1 rings (SSSR count). The molecule has 0 fully saturated rings. The van der Waals surface area contributed by atoms with Gasteiger partial charge in [0.15, 0.2) is 5.78 Å². The van der Waals surface area contributed by atoms with E-state index in [-0.39, 0.29) is 17.0 Å². The molecule has 0 aliphatic heterocycles. The molecule has 0 atom stereocenters. The lowest BCUT2D eigenvalue weighted by Gasteiger charge is -2.09. The zero-order valence-electron chi connectivity index (χ0n) is 9.67. The maximum Gasteiger partial charge on any atom is 0.389 e. The number of anilines is 1. The number of nitrogens with one attached hydrogen (secondary N) is 1. The van der Waals surface area contributed by atoms with Crippen LogP contribution in [0.15, 0.2) is 24.3 Å². The number of Topliss-reactive ketones (excluding diaryl/α,β-unsaturated/α-hetero) is 1. The summed E-state index contributed by atoms with van der Waals surface area (Å²) < 4.78 is 35.8. The summed E-state index contributed by atoms with van der Waals surface area (Å²) in [6.45, 7) is 1.32. The van der Waals surface area contributed by atoms with Gasteiger partial charge in [0.25, 0.3) is 0 Å². The van der Waals surface area contributed by atoms with Crippen LogP contribution in [0.1, 0.15) is 30.1 Å². The molecule has 1 aromatic carbocycles. The second kappa shape index (κ2) is 5.66. The minimum Gasteiger partial charge on any atom is -0.325 e. The maximum atomic E-state index is 11.9. The smallest absolute Gasteiger partial charge is 0.325 e. The predicted octanol–water partition coefficient (Wildman–Crippen LogP) is 3.17. The van der Waals surface area contributed by atoms with E-state index in [0.29, 0.717) is 0 Å². The largest absolute Gasteiger partial charge is 0.389 e. The number of hydrogen-bond acceptors (Lipinski definition) is 2. The first kappa shape index (κ1) is 14.2. The fraction of sp³-hybridized carbons (Fsp3) is 0.333. The number of amides is 1. The Hall–Kier alpha value is -1.85.